The summed E-state index contributed by atoms with van der Waals surface area (Å²) >= 11 is 1.08. The maximum absolute atomic E-state index is 13.8. The van der Waals surface area contributed by atoms with Gasteiger partial charge in [0.25, 0.3) is 5.91 Å². The summed E-state index contributed by atoms with van der Waals surface area (Å²) in [5.74, 6) is -0.432. The number of hydrogen-bond donors (Lipinski definition) is 0. The predicted molar refractivity (Wildman–Crippen MR) is 130 cm³/mol. The highest BCUT2D eigenvalue weighted by molar-refractivity contribution is 7.17. The van der Waals surface area contributed by atoms with Gasteiger partial charge in [-0.2, -0.15) is 0 Å². The predicted octanol–water partition coefficient (Wildman–Crippen LogP) is 4.53. The molecule has 3 heterocycles. The normalized spacial score (nSPS) is 23.6. The van der Waals surface area contributed by atoms with E-state index in [0.29, 0.717) is 33.6 Å². The fourth-order valence-corrected chi connectivity index (χ4v) is 6.13. The van der Waals surface area contributed by atoms with Gasteiger partial charge in [0.2, 0.25) is 0 Å². The molecule has 184 valence electrons. The third-order valence-electron chi connectivity index (χ3n) is 6.77. The third-order valence-corrected chi connectivity index (χ3v) is 7.91. The Balaban J connectivity index is 1.63. The van der Waals surface area contributed by atoms with E-state index in [9.17, 15) is 14.4 Å². The molecule has 1 aliphatic carbocycles. The third kappa shape index (κ3) is 4.01. The maximum Gasteiger partial charge on any atom is 0.350 e. The zero-order chi connectivity index (χ0) is 24.7. The van der Waals surface area contributed by atoms with Crippen LogP contribution in [0.2, 0.25) is 0 Å². The number of aryl methyl sites for hydroxylation is 1. The number of benzene rings is 1. The van der Waals surface area contributed by atoms with Gasteiger partial charge in [-0.15, -0.1) is 0 Å². The van der Waals surface area contributed by atoms with Crippen molar-refractivity contribution in [3.63, 3.8) is 0 Å². The number of fused-ring (bicyclic) bond motifs is 1. The topological polar surface area (TPSA) is 95.0 Å². The van der Waals surface area contributed by atoms with Gasteiger partial charge in [-0.25, -0.2) is 9.78 Å². The molecular formula is C26H28N2O6S. The molecule has 5 rings (SSSR count). The molecule has 1 saturated carbocycles. The molecule has 1 aromatic heterocycles. The molecule has 2 aliphatic heterocycles. The van der Waals surface area contributed by atoms with Crippen LogP contribution in [0.3, 0.4) is 0 Å². The number of hydrogen-bond acceptors (Lipinski definition) is 8. The average molecular weight is 497 g/mol. The van der Waals surface area contributed by atoms with Gasteiger partial charge in [-0.05, 0) is 50.3 Å². The second kappa shape index (κ2) is 9.45. The van der Waals surface area contributed by atoms with Gasteiger partial charge in [0.05, 0.1) is 36.9 Å². The molecule has 35 heavy (non-hydrogen) atoms. The number of carbonyl (C=O) groups is 3. The van der Waals surface area contributed by atoms with Crippen molar-refractivity contribution in [1.29, 1.82) is 0 Å². The molecule has 2 aromatic rings. The van der Waals surface area contributed by atoms with Gasteiger partial charge in [-0.3, -0.25) is 14.5 Å². The van der Waals surface area contributed by atoms with Crippen LogP contribution in [0, 0.1) is 12.8 Å². The Bertz CT molecular complexity index is 1220. The lowest BCUT2D eigenvalue weighted by Crippen LogP contribution is -2.39. The number of ether oxygens (including phenoxy) is 3. The summed E-state index contributed by atoms with van der Waals surface area (Å²) in [6, 6.07) is 6.73. The second-order valence-corrected chi connectivity index (χ2v) is 10.0. The Hall–Kier alpha value is -3.20. The monoisotopic (exact) mass is 496 g/mol. The van der Waals surface area contributed by atoms with Gasteiger partial charge >= 0.3 is 5.97 Å². The number of nitrogens with zero attached hydrogens (tertiary/aromatic N) is 2. The first kappa shape index (κ1) is 23.5. The first-order chi connectivity index (χ1) is 16.9. The first-order valence-electron chi connectivity index (χ1n) is 12.0. The minimum absolute atomic E-state index is 0.0295. The fraction of sp³-hybridized carbons (Fsp3) is 0.462. The Morgan fingerprint density at radius 2 is 2.06 bits per heavy atom. The van der Waals surface area contributed by atoms with Crippen molar-refractivity contribution in [2.75, 3.05) is 18.6 Å². The van der Waals surface area contributed by atoms with Gasteiger partial charge < -0.3 is 14.2 Å². The zero-order valence-electron chi connectivity index (χ0n) is 20.0. The summed E-state index contributed by atoms with van der Waals surface area (Å²) in [7, 11) is 1.31. The largest absolute Gasteiger partial charge is 0.494 e. The molecule has 0 bridgehead atoms. The second-order valence-electron chi connectivity index (χ2n) is 9.06. The average Bonchev–Trinajstić information content (AvgIpc) is 3.40. The molecule has 1 aromatic carbocycles. The zero-order valence-corrected chi connectivity index (χ0v) is 20.9. The number of anilines is 1. The molecule has 3 unspecified atom stereocenters. The number of amides is 1. The standard InChI is InChI=1S/C26H28N2O6S/c1-4-12-33-16-9-7-8-15(13-16)20-19-21(29)17-10-5-6-11-18(17)34-22(19)24(30)28(20)26-27-14(2)23(35-26)25(31)32-3/h7-9,13,17-18,20H,4-6,10-12H2,1-3H3. The van der Waals surface area contributed by atoms with Crippen molar-refractivity contribution in [1.82, 2.24) is 4.98 Å². The van der Waals surface area contributed by atoms with E-state index in [4.69, 9.17) is 14.2 Å². The van der Waals surface area contributed by atoms with E-state index < -0.39 is 17.9 Å². The van der Waals surface area contributed by atoms with Crippen LogP contribution in [0.15, 0.2) is 35.6 Å². The SMILES string of the molecule is CCCOc1cccc(C2C3=C(OC4CCCCC4C3=O)C(=O)N2c2nc(C)c(C(=O)OC)s2)c1. The van der Waals surface area contributed by atoms with Crippen molar-refractivity contribution in [2.45, 2.75) is 58.1 Å². The molecule has 0 spiro atoms. The minimum Gasteiger partial charge on any atom is -0.494 e. The molecule has 0 N–H and O–H groups in total. The van der Waals surface area contributed by atoms with Crippen molar-refractivity contribution in [2.24, 2.45) is 5.92 Å². The van der Waals surface area contributed by atoms with Crippen LogP contribution in [0.25, 0.3) is 0 Å². The van der Waals surface area contributed by atoms with Crippen LogP contribution in [0.5, 0.6) is 5.75 Å². The summed E-state index contributed by atoms with van der Waals surface area (Å²) in [5.41, 5.74) is 1.57. The van der Waals surface area contributed by atoms with E-state index >= 15 is 0 Å². The Morgan fingerprint density at radius 1 is 1.26 bits per heavy atom. The molecule has 0 radical (unpaired) electrons. The van der Waals surface area contributed by atoms with Crippen molar-refractivity contribution >= 4 is 34.1 Å². The lowest BCUT2D eigenvalue weighted by Gasteiger charge is -2.35. The van der Waals surface area contributed by atoms with Gasteiger partial charge in [0.15, 0.2) is 16.7 Å². The highest BCUT2D eigenvalue weighted by Crippen LogP contribution is 2.49. The minimum atomic E-state index is -0.714. The highest BCUT2D eigenvalue weighted by atomic mass is 32.1. The summed E-state index contributed by atoms with van der Waals surface area (Å²) in [6.07, 6.45) is 4.04. The van der Waals surface area contributed by atoms with Crippen LogP contribution >= 0.6 is 11.3 Å². The van der Waals surface area contributed by atoms with E-state index in [1.165, 1.54) is 12.0 Å². The van der Waals surface area contributed by atoms with Crippen LogP contribution in [0.1, 0.15) is 66.0 Å². The summed E-state index contributed by atoms with van der Waals surface area (Å²) in [4.78, 5) is 46.2. The summed E-state index contributed by atoms with van der Waals surface area (Å²) in [5, 5.41) is 0.326. The van der Waals surface area contributed by atoms with Crippen LogP contribution in [0.4, 0.5) is 5.13 Å². The number of ketones is 1. The molecule has 8 nitrogen and oxygen atoms in total. The molecule has 3 atom stereocenters. The fourth-order valence-electron chi connectivity index (χ4n) is 5.12. The summed E-state index contributed by atoms with van der Waals surface area (Å²) < 4.78 is 16.9. The van der Waals surface area contributed by atoms with E-state index in [1.807, 2.05) is 31.2 Å². The van der Waals surface area contributed by atoms with Crippen LogP contribution in [-0.2, 0) is 19.1 Å². The van der Waals surface area contributed by atoms with Crippen molar-refractivity contribution < 1.29 is 28.6 Å². The lowest BCUT2D eigenvalue weighted by molar-refractivity contribution is -0.131. The molecule has 1 amide bonds. The van der Waals surface area contributed by atoms with E-state index in [0.717, 1.165) is 49.0 Å². The number of esters is 1. The molecule has 9 heteroatoms. The van der Waals surface area contributed by atoms with Gasteiger partial charge in [-0.1, -0.05) is 36.8 Å². The smallest absolute Gasteiger partial charge is 0.350 e. The highest BCUT2D eigenvalue weighted by Gasteiger charge is 2.53. The van der Waals surface area contributed by atoms with Crippen molar-refractivity contribution in [3.8, 4) is 5.75 Å². The molecular weight excluding hydrogens is 468 g/mol. The molecule has 3 aliphatic rings. The Morgan fingerprint density at radius 3 is 2.83 bits per heavy atom. The Labute approximate surface area is 207 Å². The Kier molecular flexibility index (Phi) is 6.35. The van der Waals surface area contributed by atoms with Gasteiger partial charge in [0, 0.05) is 0 Å². The number of aromatic nitrogens is 1. The summed E-state index contributed by atoms with van der Waals surface area (Å²) in [6.45, 7) is 4.29. The van der Waals surface area contributed by atoms with Crippen molar-refractivity contribution in [3.05, 3.63) is 51.7 Å². The van der Waals surface area contributed by atoms with E-state index in [2.05, 4.69) is 4.98 Å². The van der Waals surface area contributed by atoms with Crippen LogP contribution < -0.4 is 9.64 Å². The lowest BCUT2D eigenvalue weighted by atomic mass is 9.77. The first-order valence-corrected chi connectivity index (χ1v) is 12.8. The number of Topliss-reactive ketones (excluding diaryl/α,β-unsaturated/α-hetero) is 1. The maximum atomic E-state index is 13.8. The number of methoxy groups -OCH3 is 1. The van der Waals surface area contributed by atoms with E-state index in [-0.39, 0.29) is 23.6 Å². The van der Waals surface area contributed by atoms with E-state index in [1.54, 1.807) is 6.92 Å². The number of rotatable bonds is 6. The number of carbonyl (C=O) groups excluding carboxylic acids is 3. The van der Waals surface area contributed by atoms with Crippen LogP contribution in [-0.4, -0.2) is 42.5 Å². The van der Waals surface area contributed by atoms with Gasteiger partial charge in [0.1, 0.15) is 16.7 Å². The molecule has 1 fully saturated rings. The quantitative estimate of drug-likeness (QED) is 0.543. The number of thiazole rings is 1. The molecule has 0 saturated heterocycles.